The van der Waals surface area contributed by atoms with E-state index in [1.165, 1.54) is 0 Å². The van der Waals surface area contributed by atoms with Crippen molar-refractivity contribution in [3.8, 4) is 0 Å². The molecule has 0 spiro atoms. The van der Waals surface area contributed by atoms with Gasteiger partial charge in [-0.05, 0) is 30.0 Å². The third-order valence-electron chi connectivity index (χ3n) is 5.53. The lowest BCUT2D eigenvalue weighted by Gasteiger charge is -2.42. The Labute approximate surface area is 157 Å². The number of hydrogen-bond acceptors (Lipinski definition) is 3. The van der Waals surface area contributed by atoms with E-state index in [0.29, 0.717) is 25.3 Å². The Hall–Kier alpha value is -2.89. The van der Waals surface area contributed by atoms with Gasteiger partial charge in [-0.25, -0.2) is 0 Å². The van der Waals surface area contributed by atoms with Crippen LogP contribution in [0.5, 0.6) is 0 Å². The molecule has 1 fully saturated rings. The molecule has 0 aliphatic carbocycles. The molecule has 2 bridgehead atoms. The van der Waals surface area contributed by atoms with Gasteiger partial charge in [-0.3, -0.25) is 14.4 Å². The molecular weight excluding hydrogens is 342 g/mol. The lowest BCUT2D eigenvalue weighted by atomic mass is 9.83. The Morgan fingerprint density at radius 2 is 1.85 bits per heavy atom. The van der Waals surface area contributed by atoms with Crippen LogP contribution in [0, 0.1) is 5.92 Å². The maximum Gasteiger partial charge on any atom is 0.274 e. The summed E-state index contributed by atoms with van der Waals surface area (Å²) in [6.45, 7) is 3.55. The van der Waals surface area contributed by atoms with Crippen LogP contribution in [0.1, 0.15) is 30.5 Å². The number of fused-ring (bicyclic) bond motifs is 4. The quantitative estimate of drug-likeness (QED) is 0.904. The molecule has 0 radical (unpaired) electrons. The summed E-state index contributed by atoms with van der Waals surface area (Å²) in [4.78, 5) is 38.8. The topological polar surface area (TPSA) is 71.4 Å². The first kappa shape index (κ1) is 17.5. The van der Waals surface area contributed by atoms with E-state index in [9.17, 15) is 14.4 Å². The number of nitrogens with zero attached hydrogens (tertiary/aromatic N) is 2. The SMILES string of the molecule is CC(=O)N1C[C@@H]2C[C@H](C1)c1ccc(NC(=O)Cc3ccccc3)c(=O)n1C2. The highest BCUT2D eigenvalue weighted by Crippen LogP contribution is 2.35. The van der Waals surface area contributed by atoms with Gasteiger partial charge in [0.25, 0.3) is 5.56 Å². The van der Waals surface area contributed by atoms with Crippen LogP contribution < -0.4 is 10.9 Å². The molecular formula is C21H23N3O3. The van der Waals surface area contributed by atoms with E-state index in [1.807, 2.05) is 41.3 Å². The van der Waals surface area contributed by atoms with Crippen LogP contribution in [0.3, 0.4) is 0 Å². The van der Waals surface area contributed by atoms with E-state index in [2.05, 4.69) is 5.32 Å². The number of carbonyl (C=O) groups excluding carboxylic acids is 2. The van der Waals surface area contributed by atoms with Crippen molar-refractivity contribution in [1.82, 2.24) is 9.47 Å². The predicted octanol–water partition coefficient (Wildman–Crippen LogP) is 2.00. The number of pyridine rings is 1. The highest BCUT2D eigenvalue weighted by Gasteiger charge is 2.35. The van der Waals surface area contributed by atoms with Crippen LogP contribution in [0.15, 0.2) is 47.3 Å². The zero-order chi connectivity index (χ0) is 19.0. The zero-order valence-corrected chi connectivity index (χ0v) is 15.4. The number of amides is 2. The van der Waals surface area contributed by atoms with Crippen LogP contribution in [0.2, 0.25) is 0 Å². The first-order chi connectivity index (χ1) is 13.0. The minimum Gasteiger partial charge on any atom is -0.342 e. The van der Waals surface area contributed by atoms with Gasteiger partial charge in [0.05, 0.1) is 6.42 Å². The molecule has 0 unspecified atom stereocenters. The van der Waals surface area contributed by atoms with Crippen molar-refractivity contribution < 1.29 is 9.59 Å². The van der Waals surface area contributed by atoms with Crippen LogP contribution in [0.25, 0.3) is 0 Å². The average molecular weight is 365 g/mol. The molecule has 140 valence electrons. The first-order valence-electron chi connectivity index (χ1n) is 9.34. The molecule has 2 aliphatic rings. The van der Waals surface area contributed by atoms with Gasteiger partial charge >= 0.3 is 0 Å². The number of nitrogens with one attached hydrogen (secondary N) is 1. The second-order valence-electron chi connectivity index (χ2n) is 7.52. The number of rotatable bonds is 3. The monoisotopic (exact) mass is 365 g/mol. The smallest absolute Gasteiger partial charge is 0.274 e. The molecule has 2 aliphatic heterocycles. The van der Waals surface area contributed by atoms with E-state index in [4.69, 9.17) is 0 Å². The van der Waals surface area contributed by atoms with Crippen molar-refractivity contribution in [2.24, 2.45) is 5.92 Å². The van der Waals surface area contributed by atoms with E-state index in [1.54, 1.807) is 17.6 Å². The van der Waals surface area contributed by atoms with Crippen molar-refractivity contribution in [3.63, 3.8) is 0 Å². The number of hydrogen-bond donors (Lipinski definition) is 1. The molecule has 2 atom stereocenters. The molecule has 4 rings (SSSR count). The molecule has 1 aromatic heterocycles. The number of carbonyl (C=O) groups is 2. The van der Waals surface area contributed by atoms with Crippen molar-refractivity contribution in [3.05, 3.63) is 64.1 Å². The van der Waals surface area contributed by atoms with Crippen LogP contribution in [-0.4, -0.2) is 34.4 Å². The fourth-order valence-electron chi connectivity index (χ4n) is 4.27. The molecule has 3 heterocycles. The minimum absolute atomic E-state index is 0.0882. The number of benzene rings is 1. The lowest BCUT2D eigenvalue weighted by molar-refractivity contribution is -0.131. The number of anilines is 1. The summed E-state index contributed by atoms with van der Waals surface area (Å²) in [5.74, 6) is 0.360. The Kier molecular flexibility index (Phi) is 4.56. The first-order valence-corrected chi connectivity index (χ1v) is 9.34. The van der Waals surface area contributed by atoms with Crippen LogP contribution in [-0.2, 0) is 22.6 Å². The standard InChI is InChI=1S/C21H23N3O3/c1-14(25)23-11-16-9-17(13-23)19-8-7-18(21(27)24(19)12-16)22-20(26)10-15-5-3-2-4-6-15/h2-8,16-17H,9-13H2,1H3,(H,22,26)/t16-,17+/m0/s1. The van der Waals surface area contributed by atoms with Crippen molar-refractivity contribution in [1.29, 1.82) is 0 Å². The van der Waals surface area contributed by atoms with E-state index in [0.717, 1.165) is 17.7 Å². The summed E-state index contributed by atoms with van der Waals surface area (Å²) < 4.78 is 1.79. The molecule has 2 aromatic rings. The largest absolute Gasteiger partial charge is 0.342 e. The fraction of sp³-hybridized carbons (Fsp3) is 0.381. The number of likely N-dealkylation sites (tertiary alicyclic amines) is 1. The van der Waals surface area contributed by atoms with E-state index < -0.39 is 0 Å². The molecule has 6 nitrogen and oxygen atoms in total. The summed E-state index contributed by atoms with van der Waals surface area (Å²) in [6.07, 6.45) is 1.24. The van der Waals surface area contributed by atoms with Crippen molar-refractivity contribution >= 4 is 17.5 Å². The maximum absolute atomic E-state index is 12.9. The minimum atomic E-state index is -0.197. The van der Waals surface area contributed by atoms with Gasteiger partial charge in [-0.1, -0.05) is 30.3 Å². The summed E-state index contributed by atoms with van der Waals surface area (Å²) in [5, 5.41) is 2.76. The van der Waals surface area contributed by atoms with Gasteiger partial charge in [0.15, 0.2) is 0 Å². The summed E-state index contributed by atoms with van der Waals surface area (Å²) in [6, 6.07) is 13.1. The summed E-state index contributed by atoms with van der Waals surface area (Å²) in [7, 11) is 0. The molecule has 2 amide bonds. The highest BCUT2D eigenvalue weighted by molar-refractivity contribution is 5.92. The highest BCUT2D eigenvalue weighted by atomic mass is 16.2. The molecule has 27 heavy (non-hydrogen) atoms. The van der Waals surface area contributed by atoms with Gasteiger partial charge in [-0.15, -0.1) is 0 Å². The predicted molar refractivity (Wildman–Crippen MR) is 103 cm³/mol. The number of piperidine rings is 1. The lowest BCUT2D eigenvalue weighted by Crippen LogP contribution is -2.48. The molecule has 1 saturated heterocycles. The van der Waals surface area contributed by atoms with Gasteiger partial charge in [0.1, 0.15) is 5.69 Å². The fourth-order valence-corrected chi connectivity index (χ4v) is 4.27. The zero-order valence-electron chi connectivity index (χ0n) is 15.4. The normalized spacial score (nSPS) is 20.7. The van der Waals surface area contributed by atoms with Gasteiger partial charge in [-0.2, -0.15) is 0 Å². The molecule has 0 saturated carbocycles. The van der Waals surface area contributed by atoms with Gasteiger partial charge in [0, 0.05) is 38.2 Å². The van der Waals surface area contributed by atoms with E-state index in [-0.39, 0.29) is 35.6 Å². The van der Waals surface area contributed by atoms with Crippen LogP contribution >= 0.6 is 0 Å². The molecule has 1 N–H and O–H groups in total. The second kappa shape index (κ2) is 7.02. The average Bonchev–Trinajstić information content (AvgIpc) is 2.65. The van der Waals surface area contributed by atoms with Crippen LogP contribution in [0.4, 0.5) is 5.69 Å². The Morgan fingerprint density at radius 3 is 2.59 bits per heavy atom. The van der Waals surface area contributed by atoms with E-state index >= 15 is 0 Å². The third-order valence-corrected chi connectivity index (χ3v) is 5.53. The Balaban J connectivity index is 1.54. The molecule has 6 heteroatoms. The van der Waals surface area contributed by atoms with Crippen molar-refractivity contribution in [2.45, 2.75) is 32.2 Å². The number of aromatic nitrogens is 1. The second-order valence-corrected chi connectivity index (χ2v) is 7.52. The van der Waals surface area contributed by atoms with Gasteiger partial charge in [0.2, 0.25) is 11.8 Å². The Morgan fingerprint density at radius 1 is 1.07 bits per heavy atom. The molecule has 1 aromatic carbocycles. The van der Waals surface area contributed by atoms with Gasteiger partial charge < -0.3 is 14.8 Å². The third kappa shape index (κ3) is 3.52. The Bertz CT molecular complexity index is 935. The van der Waals surface area contributed by atoms with Crippen molar-refractivity contribution in [2.75, 3.05) is 18.4 Å². The maximum atomic E-state index is 12.9. The summed E-state index contributed by atoms with van der Waals surface area (Å²) in [5.41, 5.74) is 2.04. The summed E-state index contributed by atoms with van der Waals surface area (Å²) >= 11 is 0.